The van der Waals surface area contributed by atoms with E-state index in [1.807, 2.05) is 56.0 Å². The zero-order valence-electron chi connectivity index (χ0n) is 28.3. The van der Waals surface area contributed by atoms with Gasteiger partial charge in [-0.15, -0.1) is 18.3 Å². The quantitative estimate of drug-likeness (QED) is 0.224. The summed E-state index contributed by atoms with van der Waals surface area (Å²) in [6.45, 7) is 16.1. The molecule has 8 heteroatoms. The van der Waals surface area contributed by atoms with Gasteiger partial charge < -0.3 is 33.5 Å². The number of benzene rings is 2. The normalized spacial score (nSPS) is 40.3. The van der Waals surface area contributed by atoms with Crippen molar-refractivity contribution in [1.82, 2.24) is 0 Å². The van der Waals surface area contributed by atoms with Gasteiger partial charge in [-0.2, -0.15) is 0 Å². The van der Waals surface area contributed by atoms with Gasteiger partial charge in [0, 0.05) is 34.5 Å². The minimum atomic E-state index is -1.13. The van der Waals surface area contributed by atoms with Crippen LogP contribution in [0.4, 0.5) is 0 Å². The Hall–Kier alpha value is -1.91. The van der Waals surface area contributed by atoms with Gasteiger partial charge >= 0.3 is 0 Å². The molecule has 0 amide bonds. The highest BCUT2D eigenvalue weighted by Crippen LogP contribution is 2.78. The molecule has 5 aliphatic rings. The number of rotatable bonds is 10. The lowest BCUT2D eigenvalue weighted by molar-refractivity contribution is -0.253. The maximum atomic E-state index is 13.5. The molecule has 250 valence electrons. The average molecular weight is 651 g/mol. The van der Waals surface area contributed by atoms with E-state index in [9.17, 15) is 5.11 Å². The van der Waals surface area contributed by atoms with Crippen LogP contribution in [0.15, 0.2) is 66.1 Å². The van der Waals surface area contributed by atoms with Crippen LogP contribution in [0.5, 0.6) is 5.75 Å². The molecule has 3 aliphatic carbocycles. The monoisotopic (exact) mass is 650 g/mol. The number of methoxy groups -OCH3 is 2. The van der Waals surface area contributed by atoms with E-state index >= 15 is 0 Å². The molecule has 10 atom stereocenters. The molecule has 2 aliphatic heterocycles. The number of fused-ring (bicyclic) bond motifs is 2. The van der Waals surface area contributed by atoms with Crippen molar-refractivity contribution >= 4 is 11.8 Å². The molecule has 2 heterocycles. The van der Waals surface area contributed by atoms with Gasteiger partial charge in [0.15, 0.2) is 5.79 Å². The fourth-order valence-electron chi connectivity index (χ4n) is 10.8. The summed E-state index contributed by atoms with van der Waals surface area (Å²) in [5.41, 5.74) is 0.0343. The minimum Gasteiger partial charge on any atom is -0.497 e. The number of ether oxygens (including phenoxy) is 6. The van der Waals surface area contributed by atoms with Crippen molar-refractivity contribution in [2.45, 2.75) is 98.8 Å². The van der Waals surface area contributed by atoms with E-state index in [4.69, 9.17) is 28.4 Å². The molecular formula is C38H50O7S. The number of hydrogen-bond donors (Lipinski definition) is 1. The molecule has 2 aromatic carbocycles. The molecule has 0 aromatic heterocycles. The van der Waals surface area contributed by atoms with Crippen LogP contribution in [-0.4, -0.2) is 67.2 Å². The molecule has 0 radical (unpaired) electrons. The van der Waals surface area contributed by atoms with Crippen LogP contribution in [0.25, 0.3) is 0 Å². The lowest BCUT2D eigenvalue weighted by Gasteiger charge is -2.63. The Kier molecular flexibility index (Phi) is 8.04. The van der Waals surface area contributed by atoms with E-state index in [1.54, 1.807) is 14.2 Å². The van der Waals surface area contributed by atoms with E-state index in [0.717, 1.165) is 24.2 Å². The summed E-state index contributed by atoms with van der Waals surface area (Å²) in [7, 11) is 3.32. The maximum absolute atomic E-state index is 13.5. The van der Waals surface area contributed by atoms with Crippen molar-refractivity contribution in [3.05, 3.63) is 72.3 Å². The van der Waals surface area contributed by atoms with Crippen molar-refractivity contribution in [2.24, 2.45) is 29.1 Å². The second kappa shape index (κ2) is 11.3. The topological polar surface area (TPSA) is 75.6 Å². The summed E-state index contributed by atoms with van der Waals surface area (Å²) in [4.78, 5) is 1.30. The van der Waals surface area contributed by atoms with E-state index < -0.39 is 23.1 Å². The van der Waals surface area contributed by atoms with Crippen molar-refractivity contribution in [3.63, 3.8) is 0 Å². The Morgan fingerprint density at radius 1 is 1.09 bits per heavy atom. The summed E-state index contributed by atoms with van der Waals surface area (Å²) in [5.74, 6) is -0.284. The second-order valence-corrected chi connectivity index (χ2v) is 16.4. The zero-order valence-corrected chi connectivity index (χ0v) is 29.1. The van der Waals surface area contributed by atoms with Gasteiger partial charge in [-0.25, -0.2) is 0 Å². The molecule has 3 saturated carbocycles. The van der Waals surface area contributed by atoms with Gasteiger partial charge in [0.25, 0.3) is 0 Å². The predicted molar refractivity (Wildman–Crippen MR) is 178 cm³/mol. The van der Waals surface area contributed by atoms with Crippen LogP contribution >= 0.6 is 11.8 Å². The summed E-state index contributed by atoms with van der Waals surface area (Å²) >= 11 is 1.90. The van der Waals surface area contributed by atoms with Crippen molar-refractivity contribution in [3.8, 4) is 5.75 Å². The first kappa shape index (κ1) is 32.6. The van der Waals surface area contributed by atoms with Gasteiger partial charge in [0.1, 0.15) is 24.2 Å². The van der Waals surface area contributed by atoms with Crippen LogP contribution in [0.2, 0.25) is 0 Å². The highest BCUT2D eigenvalue weighted by Gasteiger charge is 2.82. The smallest absolute Gasteiger partial charge is 0.163 e. The molecule has 1 N–H and O–H groups in total. The Bertz CT molecular complexity index is 1460. The van der Waals surface area contributed by atoms with Crippen molar-refractivity contribution in [1.29, 1.82) is 0 Å². The third-order valence-electron chi connectivity index (χ3n) is 12.7. The number of aliphatic hydroxyl groups is 1. The first-order valence-corrected chi connectivity index (χ1v) is 17.6. The Morgan fingerprint density at radius 2 is 1.83 bits per heavy atom. The molecule has 4 fully saturated rings. The maximum Gasteiger partial charge on any atom is 0.163 e. The highest BCUT2D eigenvalue weighted by molar-refractivity contribution is 8.00. The summed E-state index contributed by atoms with van der Waals surface area (Å²) in [6, 6.07) is 16.8. The first-order valence-electron chi connectivity index (χ1n) is 16.7. The van der Waals surface area contributed by atoms with E-state index in [1.165, 1.54) is 10.5 Å². The minimum absolute atomic E-state index is 0.0198. The summed E-state index contributed by atoms with van der Waals surface area (Å²) < 4.78 is 37.8. The molecule has 7 rings (SSSR count). The van der Waals surface area contributed by atoms with E-state index in [2.05, 4.69) is 51.6 Å². The van der Waals surface area contributed by atoms with Crippen molar-refractivity contribution < 1.29 is 33.5 Å². The third-order valence-corrected chi connectivity index (χ3v) is 14.1. The Morgan fingerprint density at radius 3 is 2.48 bits per heavy atom. The average Bonchev–Trinajstić information content (AvgIpc) is 3.54. The molecule has 7 nitrogen and oxygen atoms in total. The predicted octanol–water partition coefficient (Wildman–Crippen LogP) is 6.75. The molecule has 0 unspecified atom stereocenters. The molecule has 1 saturated heterocycles. The first-order chi connectivity index (χ1) is 21.9. The highest BCUT2D eigenvalue weighted by atomic mass is 32.2. The second-order valence-electron chi connectivity index (χ2n) is 15.2. The lowest BCUT2D eigenvalue weighted by atomic mass is 9.46. The number of hydrogen-bond acceptors (Lipinski definition) is 8. The molecular weight excluding hydrogens is 600 g/mol. The molecule has 46 heavy (non-hydrogen) atoms. The molecule has 2 bridgehead atoms. The van der Waals surface area contributed by atoms with E-state index in [-0.39, 0.29) is 52.6 Å². The standard InChI is InChI=1S/C38H50O7S/c1-9-29(42-20-24-14-16-25(41-8)17-15-24)37(21-44-35(5,6)45-37)30-23(2)38(39)32-31(30)46-28-13-11-10-12-26(28)36(32)19-18-27(34(36,3)4)33(38)43-22-40-7/h9-17,23,27,29-33,39H,1,18-22H2,2-8H3/t23-,27+,29+,30+,31-,32+,33+,36+,37-,38+/m0/s1. The van der Waals surface area contributed by atoms with Crippen LogP contribution in [0, 0.1) is 29.1 Å². The fourth-order valence-corrected chi connectivity index (χ4v) is 12.9. The van der Waals surface area contributed by atoms with Gasteiger partial charge in [-0.05, 0) is 73.3 Å². The van der Waals surface area contributed by atoms with Crippen LogP contribution in [-0.2, 0) is 35.7 Å². The molecule has 2 aromatic rings. The zero-order chi connectivity index (χ0) is 32.7. The van der Waals surface area contributed by atoms with Crippen LogP contribution in [0.3, 0.4) is 0 Å². The van der Waals surface area contributed by atoms with Crippen molar-refractivity contribution in [2.75, 3.05) is 27.6 Å². The number of thioether (sulfide) groups is 1. The molecule has 1 spiro atoms. The van der Waals surface area contributed by atoms with Crippen LogP contribution < -0.4 is 4.74 Å². The van der Waals surface area contributed by atoms with Crippen LogP contribution in [0.1, 0.15) is 58.6 Å². The van der Waals surface area contributed by atoms with E-state index in [0.29, 0.717) is 13.2 Å². The van der Waals surface area contributed by atoms with Gasteiger partial charge in [0.2, 0.25) is 0 Å². The summed E-state index contributed by atoms with van der Waals surface area (Å²) in [6.07, 6.45) is 3.00. The third kappa shape index (κ3) is 4.33. The Labute approximate surface area is 278 Å². The SMILES string of the molecule is C=C[C@@H](OCc1ccc(OC)cc1)[C@]1([C@H]2[C@@H]3Sc4ccccc4[C@]45CC[C@H]([C@@H](OCOC)[C@@](O)([C@H]2C)[C@H]34)C5(C)C)COC(C)(C)O1. The lowest BCUT2D eigenvalue weighted by Crippen LogP contribution is -2.69. The van der Waals surface area contributed by atoms with Gasteiger partial charge in [0.05, 0.1) is 32.0 Å². The Balaban J connectivity index is 1.37. The summed E-state index contributed by atoms with van der Waals surface area (Å²) in [5, 5.41) is 13.5. The largest absolute Gasteiger partial charge is 0.497 e. The fraction of sp³-hybridized carbons (Fsp3) is 0.632. The van der Waals surface area contributed by atoms with Gasteiger partial charge in [-0.1, -0.05) is 57.2 Å². The van der Waals surface area contributed by atoms with Gasteiger partial charge in [-0.3, -0.25) is 0 Å².